The SMILES string of the molecule is CCNC(=O)CN=C1NC(C)CCS1. The van der Waals surface area contributed by atoms with Crippen molar-refractivity contribution >= 4 is 22.8 Å². The summed E-state index contributed by atoms with van der Waals surface area (Å²) in [7, 11) is 0. The molecule has 1 saturated heterocycles. The van der Waals surface area contributed by atoms with Gasteiger partial charge in [-0.2, -0.15) is 0 Å². The van der Waals surface area contributed by atoms with E-state index in [1.54, 1.807) is 11.8 Å². The van der Waals surface area contributed by atoms with Crippen molar-refractivity contribution < 1.29 is 4.79 Å². The minimum absolute atomic E-state index is 0.0133. The lowest BCUT2D eigenvalue weighted by atomic mass is 10.3. The summed E-state index contributed by atoms with van der Waals surface area (Å²) in [6.45, 7) is 4.93. The Kier molecular flexibility index (Phi) is 4.79. The first-order chi connectivity index (χ1) is 6.72. The normalized spacial score (nSPS) is 24.4. The fourth-order valence-corrected chi connectivity index (χ4v) is 2.25. The molecule has 1 atom stereocenters. The fraction of sp³-hybridized carbons (Fsp3) is 0.778. The minimum atomic E-state index is -0.0133. The lowest BCUT2D eigenvalue weighted by molar-refractivity contribution is -0.119. The molecule has 1 unspecified atom stereocenters. The van der Waals surface area contributed by atoms with E-state index >= 15 is 0 Å². The van der Waals surface area contributed by atoms with Crippen LogP contribution in [-0.4, -0.2) is 36.0 Å². The Labute approximate surface area is 88.9 Å². The number of hydrogen-bond acceptors (Lipinski definition) is 3. The number of thioether (sulfide) groups is 1. The molecule has 14 heavy (non-hydrogen) atoms. The van der Waals surface area contributed by atoms with Gasteiger partial charge >= 0.3 is 0 Å². The predicted molar refractivity (Wildman–Crippen MR) is 60.7 cm³/mol. The molecule has 0 aromatic carbocycles. The molecule has 1 aliphatic rings. The van der Waals surface area contributed by atoms with Crippen molar-refractivity contribution in [1.29, 1.82) is 0 Å². The standard InChI is InChI=1S/C9H17N3OS/c1-3-10-8(13)6-11-9-12-7(2)4-5-14-9/h7H,3-6H2,1-2H3,(H,10,13)(H,11,12). The molecular formula is C9H17N3OS. The van der Waals surface area contributed by atoms with E-state index in [0.717, 1.165) is 17.3 Å². The maximum absolute atomic E-state index is 11.1. The van der Waals surface area contributed by atoms with Crippen LogP contribution >= 0.6 is 11.8 Å². The van der Waals surface area contributed by atoms with Gasteiger partial charge in [0.15, 0.2) is 5.17 Å². The molecule has 1 rings (SSSR count). The highest BCUT2D eigenvalue weighted by atomic mass is 32.2. The molecule has 1 aliphatic heterocycles. The largest absolute Gasteiger partial charge is 0.362 e. The highest BCUT2D eigenvalue weighted by Crippen LogP contribution is 2.12. The third-order valence-electron chi connectivity index (χ3n) is 1.90. The van der Waals surface area contributed by atoms with E-state index in [4.69, 9.17) is 0 Å². The van der Waals surface area contributed by atoms with Gasteiger partial charge in [0.2, 0.25) is 5.91 Å². The topological polar surface area (TPSA) is 53.5 Å². The van der Waals surface area contributed by atoms with Crippen LogP contribution in [0.15, 0.2) is 4.99 Å². The van der Waals surface area contributed by atoms with Gasteiger partial charge in [-0.25, -0.2) is 0 Å². The summed E-state index contributed by atoms with van der Waals surface area (Å²) in [5.74, 6) is 1.07. The molecule has 0 bridgehead atoms. The van der Waals surface area contributed by atoms with Crippen molar-refractivity contribution in [3.63, 3.8) is 0 Å². The second kappa shape index (κ2) is 5.90. The molecule has 0 spiro atoms. The molecule has 5 heteroatoms. The van der Waals surface area contributed by atoms with Gasteiger partial charge < -0.3 is 10.6 Å². The van der Waals surface area contributed by atoms with Crippen LogP contribution in [0.1, 0.15) is 20.3 Å². The second-order valence-corrected chi connectivity index (χ2v) is 4.34. The molecule has 1 heterocycles. The number of nitrogens with one attached hydrogen (secondary N) is 2. The van der Waals surface area contributed by atoms with Crippen molar-refractivity contribution in [3.8, 4) is 0 Å². The summed E-state index contributed by atoms with van der Waals surface area (Å²) >= 11 is 1.69. The van der Waals surface area contributed by atoms with E-state index in [1.807, 2.05) is 6.92 Å². The first-order valence-corrected chi connectivity index (χ1v) is 5.91. The van der Waals surface area contributed by atoms with Crippen LogP contribution in [0.4, 0.5) is 0 Å². The van der Waals surface area contributed by atoms with Gasteiger partial charge in [0, 0.05) is 18.3 Å². The van der Waals surface area contributed by atoms with E-state index in [0.29, 0.717) is 12.6 Å². The number of aliphatic imine (C=N–C) groups is 1. The van der Waals surface area contributed by atoms with Crippen LogP contribution < -0.4 is 10.6 Å². The molecule has 1 fully saturated rings. The summed E-state index contributed by atoms with van der Waals surface area (Å²) in [5.41, 5.74) is 0. The van der Waals surface area contributed by atoms with Gasteiger partial charge in [0.25, 0.3) is 0 Å². The van der Waals surface area contributed by atoms with Gasteiger partial charge in [-0.3, -0.25) is 9.79 Å². The third-order valence-corrected chi connectivity index (χ3v) is 2.86. The zero-order valence-corrected chi connectivity index (χ0v) is 9.49. The molecule has 0 aromatic heterocycles. The zero-order chi connectivity index (χ0) is 10.4. The maximum Gasteiger partial charge on any atom is 0.241 e. The van der Waals surface area contributed by atoms with Gasteiger partial charge in [-0.1, -0.05) is 11.8 Å². The monoisotopic (exact) mass is 215 g/mol. The maximum atomic E-state index is 11.1. The van der Waals surface area contributed by atoms with Crippen LogP contribution in [0, 0.1) is 0 Å². The first-order valence-electron chi connectivity index (χ1n) is 4.93. The molecule has 0 aromatic rings. The number of rotatable bonds is 3. The van der Waals surface area contributed by atoms with Crippen LogP contribution in [0.2, 0.25) is 0 Å². The number of amides is 1. The Bertz CT molecular complexity index is 230. The number of likely N-dealkylation sites (N-methyl/N-ethyl adjacent to an activating group) is 1. The molecular weight excluding hydrogens is 198 g/mol. The second-order valence-electron chi connectivity index (χ2n) is 3.26. The third kappa shape index (κ3) is 4.00. The van der Waals surface area contributed by atoms with Crippen molar-refractivity contribution in [3.05, 3.63) is 0 Å². The van der Waals surface area contributed by atoms with Crippen molar-refractivity contribution in [2.75, 3.05) is 18.8 Å². The number of nitrogens with zero attached hydrogens (tertiary/aromatic N) is 1. The molecule has 1 amide bonds. The molecule has 0 aliphatic carbocycles. The molecule has 0 radical (unpaired) electrons. The molecule has 80 valence electrons. The van der Waals surface area contributed by atoms with Crippen LogP contribution in [0.5, 0.6) is 0 Å². The summed E-state index contributed by atoms with van der Waals surface area (Å²) in [4.78, 5) is 15.3. The average molecular weight is 215 g/mol. The summed E-state index contributed by atoms with van der Waals surface area (Å²) in [5, 5.41) is 6.86. The Balaban J connectivity index is 2.32. The van der Waals surface area contributed by atoms with Gasteiger partial charge in [-0.15, -0.1) is 0 Å². The van der Waals surface area contributed by atoms with E-state index in [9.17, 15) is 4.79 Å². The quantitative estimate of drug-likeness (QED) is 0.724. The van der Waals surface area contributed by atoms with Crippen molar-refractivity contribution in [1.82, 2.24) is 10.6 Å². The molecule has 0 saturated carbocycles. The van der Waals surface area contributed by atoms with Crippen molar-refractivity contribution in [2.45, 2.75) is 26.3 Å². The van der Waals surface area contributed by atoms with E-state index < -0.39 is 0 Å². The van der Waals surface area contributed by atoms with E-state index in [2.05, 4.69) is 22.5 Å². The average Bonchev–Trinajstić information content (AvgIpc) is 2.15. The summed E-state index contributed by atoms with van der Waals surface area (Å²) in [6, 6.07) is 0.476. The zero-order valence-electron chi connectivity index (χ0n) is 8.67. The van der Waals surface area contributed by atoms with E-state index in [-0.39, 0.29) is 12.5 Å². The molecule has 4 nitrogen and oxygen atoms in total. The highest BCUT2D eigenvalue weighted by Gasteiger charge is 2.12. The number of carbonyl (C=O) groups is 1. The lowest BCUT2D eigenvalue weighted by Crippen LogP contribution is -2.36. The Morgan fingerprint density at radius 1 is 1.79 bits per heavy atom. The fourth-order valence-electron chi connectivity index (χ4n) is 1.14. The van der Waals surface area contributed by atoms with Crippen LogP contribution in [0.25, 0.3) is 0 Å². The van der Waals surface area contributed by atoms with Crippen molar-refractivity contribution in [2.24, 2.45) is 4.99 Å². The predicted octanol–water partition coefficient (Wildman–Crippen LogP) is 0.593. The summed E-state index contributed by atoms with van der Waals surface area (Å²) in [6.07, 6.45) is 1.16. The number of hydrogen-bond donors (Lipinski definition) is 2. The summed E-state index contributed by atoms with van der Waals surface area (Å²) < 4.78 is 0. The Morgan fingerprint density at radius 2 is 2.57 bits per heavy atom. The van der Waals surface area contributed by atoms with Gasteiger partial charge in [0.05, 0.1) is 0 Å². The van der Waals surface area contributed by atoms with E-state index in [1.165, 1.54) is 0 Å². The smallest absolute Gasteiger partial charge is 0.241 e. The Hall–Kier alpha value is -0.710. The number of carbonyl (C=O) groups excluding carboxylic acids is 1. The van der Waals surface area contributed by atoms with Crippen LogP contribution in [-0.2, 0) is 4.79 Å². The van der Waals surface area contributed by atoms with Crippen LogP contribution in [0.3, 0.4) is 0 Å². The minimum Gasteiger partial charge on any atom is -0.362 e. The van der Waals surface area contributed by atoms with Gasteiger partial charge in [-0.05, 0) is 20.3 Å². The first kappa shape index (κ1) is 11.4. The van der Waals surface area contributed by atoms with Gasteiger partial charge in [0.1, 0.15) is 6.54 Å². The lowest BCUT2D eigenvalue weighted by Gasteiger charge is -2.21. The molecule has 2 N–H and O–H groups in total. The highest BCUT2D eigenvalue weighted by molar-refractivity contribution is 8.13. The number of amidine groups is 1. The Morgan fingerprint density at radius 3 is 3.21 bits per heavy atom.